The Bertz CT molecular complexity index is 1030. The van der Waals surface area contributed by atoms with Crippen LogP contribution < -0.4 is 16.4 Å². The summed E-state index contributed by atoms with van der Waals surface area (Å²) in [6, 6.07) is 3.83. The van der Waals surface area contributed by atoms with Crippen molar-refractivity contribution in [3.05, 3.63) is 35.4 Å². The van der Waals surface area contributed by atoms with Crippen LogP contribution in [0.25, 0.3) is 0 Å². The van der Waals surface area contributed by atoms with Gasteiger partial charge in [0.2, 0.25) is 17.7 Å². The maximum absolute atomic E-state index is 13.8. The standard InChI is InChI=1S/C26H36N4O7/c1-7-9-14-30(24(34)19(15-20(27)31)29-25(35)37-26(3,4)5)22(23(33)28-16-21(32)36-6)18-13-11-10-12-17(18)8-2/h2,10-13,19,22H,7,9,14-16H2,1,3-6H3,(H2,27,31)(H,28,33)(H,29,35). The normalized spacial score (nSPS) is 12.3. The fourth-order valence-corrected chi connectivity index (χ4v) is 3.39. The van der Waals surface area contributed by atoms with Crippen LogP contribution in [-0.4, -0.2) is 66.5 Å². The number of ether oxygens (including phenoxy) is 2. The molecule has 202 valence electrons. The molecule has 0 aliphatic heterocycles. The van der Waals surface area contributed by atoms with Crippen LogP contribution in [0.1, 0.15) is 64.1 Å². The molecule has 0 bridgehead atoms. The highest BCUT2D eigenvalue weighted by Gasteiger charge is 2.37. The molecule has 0 aliphatic rings. The first-order valence-corrected chi connectivity index (χ1v) is 11.8. The maximum Gasteiger partial charge on any atom is 0.408 e. The summed E-state index contributed by atoms with van der Waals surface area (Å²) in [7, 11) is 1.17. The number of nitrogens with one attached hydrogen (secondary N) is 2. The second-order valence-corrected chi connectivity index (χ2v) is 9.18. The van der Waals surface area contributed by atoms with Crippen LogP contribution in [0.2, 0.25) is 0 Å². The van der Waals surface area contributed by atoms with Crippen LogP contribution in [-0.2, 0) is 28.7 Å². The summed E-state index contributed by atoms with van der Waals surface area (Å²) in [5.41, 5.74) is 5.17. The predicted octanol–water partition coefficient (Wildman–Crippen LogP) is 1.40. The van der Waals surface area contributed by atoms with Gasteiger partial charge in [-0.2, -0.15) is 0 Å². The van der Waals surface area contributed by atoms with Gasteiger partial charge in [-0.25, -0.2) is 4.79 Å². The molecule has 11 heteroatoms. The zero-order valence-electron chi connectivity index (χ0n) is 22.0. The van der Waals surface area contributed by atoms with Crippen molar-refractivity contribution in [1.82, 2.24) is 15.5 Å². The number of alkyl carbamates (subject to hydrolysis) is 1. The van der Waals surface area contributed by atoms with Gasteiger partial charge in [0.1, 0.15) is 24.2 Å². The number of carbonyl (C=O) groups excluding carboxylic acids is 5. The molecule has 0 spiro atoms. The topological polar surface area (TPSA) is 157 Å². The molecule has 0 radical (unpaired) electrons. The molecular weight excluding hydrogens is 480 g/mol. The smallest absolute Gasteiger partial charge is 0.408 e. The van der Waals surface area contributed by atoms with Crippen molar-refractivity contribution >= 4 is 29.8 Å². The summed E-state index contributed by atoms with van der Waals surface area (Å²) in [5.74, 6) is -0.485. The van der Waals surface area contributed by atoms with E-state index in [0.717, 1.165) is 0 Å². The summed E-state index contributed by atoms with van der Waals surface area (Å²) in [6.45, 7) is 6.46. The van der Waals surface area contributed by atoms with E-state index >= 15 is 0 Å². The minimum atomic E-state index is -1.42. The average molecular weight is 517 g/mol. The number of hydrogen-bond donors (Lipinski definition) is 3. The Morgan fingerprint density at radius 1 is 1.16 bits per heavy atom. The Morgan fingerprint density at radius 3 is 2.35 bits per heavy atom. The second kappa shape index (κ2) is 14.5. The third-order valence-electron chi connectivity index (χ3n) is 5.04. The average Bonchev–Trinajstić information content (AvgIpc) is 2.82. The van der Waals surface area contributed by atoms with E-state index in [-0.39, 0.29) is 6.54 Å². The van der Waals surface area contributed by atoms with Gasteiger partial charge in [0.15, 0.2) is 0 Å². The lowest BCUT2D eigenvalue weighted by atomic mass is 9.97. The van der Waals surface area contributed by atoms with Crippen LogP contribution in [0, 0.1) is 12.3 Å². The summed E-state index contributed by atoms with van der Waals surface area (Å²) >= 11 is 0. The molecule has 4 N–H and O–H groups in total. The Morgan fingerprint density at radius 2 is 1.81 bits per heavy atom. The van der Waals surface area contributed by atoms with Crippen LogP contribution in [0.4, 0.5) is 4.79 Å². The summed E-state index contributed by atoms with van der Waals surface area (Å²) in [4.78, 5) is 64.4. The zero-order chi connectivity index (χ0) is 28.2. The zero-order valence-corrected chi connectivity index (χ0v) is 22.0. The fraction of sp³-hybridized carbons (Fsp3) is 0.500. The Hall–Kier alpha value is -4.07. The van der Waals surface area contributed by atoms with E-state index in [1.807, 2.05) is 6.92 Å². The van der Waals surface area contributed by atoms with Crippen molar-refractivity contribution in [2.24, 2.45) is 5.73 Å². The van der Waals surface area contributed by atoms with E-state index in [2.05, 4.69) is 21.3 Å². The highest BCUT2D eigenvalue weighted by atomic mass is 16.6. The lowest BCUT2D eigenvalue weighted by Gasteiger charge is -2.34. The van der Waals surface area contributed by atoms with Gasteiger partial charge in [0, 0.05) is 12.1 Å². The molecule has 1 aromatic rings. The lowest BCUT2D eigenvalue weighted by Crippen LogP contribution is -2.54. The molecule has 11 nitrogen and oxygen atoms in total. The number of methoxy groups -OCH3 is 1. The lowest BCUT2D eigenvalue weighted by molar-refractivity contribution is -0.145. The number of rotatable bonds is 12. The van der Waals surface area contributed by atoms with Crippen LogP contribution in [0.3, 0.4) is 0 Å². The predicted molar refractivity (Wildman–Crippen MR) is 136 cm³/mol. The SMILES string of the molecule is C#Cc1ccccc1C(C(=O)NCC(=O)OC)N(CCCC)C(=O)C(CC(N)=O)NC(=O)OC(C)(C)C. The highest BCUT2D eigenvalue weighted by Crippen LogP contribution is 2.26. The van der Waals surface area contributed by atoms with Crippen molar-refractivity contribution in [2.75, 3.05) is 20.2 Å². The molecule has 0 aliphatic carbocycles. The first-order chi connectivity index (χ1) is 17.3. The number of terminal acetylenes is 1. The molecule has 0 aromatic heterocycles. The molecule has 0 fully saturated rings. The molecule has 0 saturated carbocycles. The third kappa shape index (κ3) is 10.2. The number of amides is 4. The number of benzene rings is 1. The molecule has 2 atom stereocenters. The van der Waals surface area contributed by atoms with Gasteiger partial charge >= 0.3 is 12.1 Å². The quantitative estimate of drug-likeness (QED) is 0.280. The number of nitrogens with two attached hydrogens (primary N) is 1. The fourth-order valence-electron chi connectivity index (χ4n) is 3.39. The summed E-state index contributed by atoms with van der Waals surface area (Å²) < 4.78 is 9.83. The van der Waals surface area contributed by atoms with Crippen LogP contribution in [0.15, 0.2) is 24.3 Å². The molecule has 1 aromatic carbocycles. The number of primary amides is 1. The van der Waals surface area contributed by atoms with E-state index in [4.69, 9.17) is 16.9 Å². The van der Waals surface area contributed by atoms with Gasteiger partial charge in [0.25, 0.3) is 0 Å². The van der Waals surface area contributed by atoms with Crippen molar-refractivity contribution < 1.29 is 33.4 Å². The largest absolute Gasteiger partial charge is 0.468 e. The monoisotopic (exact) mass is 516 g/mol. The molecule has 0 heterocycles. The second-order valence-electron chi connectivity index (χ2n) is 9.18. The Balaban J connectivity index is 3.56. The number of nitrogens with zero attached hydrogens (tertiary/aromatic N) is 1. The molecule has 0 saturated heterocycles. The number of esters is 1. The van der Waals surface area contributed by atoms with Gasteiger partial charge in [-0.05, 0) is 38.8 Å². The summed E-state index contributed by atoms with van der Waals surface area (Å²) in [6.07, 6.45) is 5.35. The van der Waals surface area contributed by atoms with Gasteiger partial charge in [0.05, 0.1) is 13.5 Å². The number of unbranched alkanes of at least 4 members (excludes halogenated alkanes) is 1. The van der Waals surface area contributed by atoms with Crippen molar-refractivity contribution in [3.63, 3.8) is 0 Å². The van der Waals surface area contributed by atoms with Gasteiger partial charge in [-0.1, -0.05) is 37.5 Å². The third-order valence-corrected chi connectivity index (χ3v) is 5.04. The Labute approximate surface area is 217 Å². The minimum absolute atomic E-state index is 0.0792. The van der Waals surface area contributed by atoms with E-state index in [9.17, 15) is 24.0 Å². The summed E-state index contributed by atoms with van der Waals surface area (Å²) in [5, 5.41) is 4.86. The molecular formula is C26H36N4O7. The number of carbonyl (C=O) groups is 5. The molecule has 1 rings (SSSR count). The first kappa shape index (κ1) is 31.0. The van der Waals surface area contributed by atoms with Crippen molar-refractivity contribution in [1.29, 1.82) is 0 Å². The first-order valence-electron chi connectivity index (χ1n) is 11.8. The van der Waals surface area contributed by atoms with Crippen LogP contribution >= 0.6 is 0 Å². The molecule has 37 heavy (non-hydrogen) atoms. The van der Waals surface area contributed by atoms with Crippen LogP contribution in [0.5, 0.6) is 0 Å². The molecule has 4 amide bonds. The van der Waals surface area contributed by atoms with Crippen molar-refractivity contribution in [3.8, 4) is 12.3 Å². The van der Waals surface area contributed by atoms with E-state index in [1.165, 1.54) is 12.0 Å². The van der Waals surface area contributed by atoms with E-state index in [1.54, 1.807) is 45.0 Å². The van der Waals surface area contributed by atoms with Gasteiger partial charge < -0.3 is 30.7 Å². The van der Waals surface area contributed by atoms with Gasteiger partial charge in [-0.15, -0.1) is 6.42 Å². The highest BCUT2D eigenvalue weighted by molar-refractivity contribution is 5.95. The van der Waals surface area contributed by atoms with Gasteiger partial charge in [-0.3, -0.25) is 19.2 Å². The minimum Gasteiger partial charge on any atom is -0.468 e. The van der Waals surface area contributed by atoms with E-state index < -0.39 is 60.4 Å². The number of hydrogen-bond acceptors (Lipinski definition) is 7. The maximum atomic E-state index is 13.8. The van der Waals surface area contributed by atoms with E-state index in [0.29, 0.717) is 24.0 Å². The Kier molecular flexibility index (Phi) is 12.1. The van der Waals surface area contributed by atoms with Crippen molar-refractivity contribution in [2.45, 2.75) is 64.6 Å². The molecule has 2 unspecified atom stereocenters.